The summed E-state index contributed by atoms with van der Waals surface area (Å²) in [5.74, 6) is 0.0599. The zero-order valence-electron chi connectivity index (χ0n) is 16.9. The van der Waals surface area contributed by atoms with Crippen LogP contribution in [0, 0.1) is 0 Å². The number of methoxy groups -OCH3 is 1. The Hall–Kier alpha value is -3.26. The zero-order valence-corrected chi connectivity index (χ0v) is 17.7. The summed E-state index contributed by atoms with van der Waals surface area (Å²) in [6.07, 6.45) is 1.78. The number of thioether (sulfide) groups is 1. The van der Waals surface area contributed by atoms with Crippen molar-refractivity contribution < 1.29 is 24.2 Å². The predicted molar refractivity (Wildman–Crippen MR) is 118 cm³/mol. The van der Waals surface area contributed by atoms with E-state index in [9.17, 15) is 9.59 Å². The van der Waals surface area contributed by atoms with E-state index in [2.05, 4.69) is 4.99 Å². The quantitative estimate of drug-likeness (QED) is 0.660. The van der Waals surface area contributed by atoms with Crippen LogP contribution in [-0.4, -0.2) is 47.3 Å². The van der Waals surface area contributed by atoms with Crippen molar-refractivity contribution in [2.45, 2.75) is 13.8 Å². The number of likely N-dealkylation sites (N-methyl/N-ethyl adjacent to an activating group) is 1. The van der Waals surface area contributed by atoms with Crippen LogP contribution in [0.25, 0.3) is 6.08 Å². The molecule has 156 valence electrons. The van der Waals surface area contributed by atoms with Gasteiger partial charge >= 0.3 is 5.97 Å². The van der Waals surface area contributed by atoms with Crippen LogP contribution in [0.5, 0.6) is 11.5 Å². The Kier molecular flexibility index (Phi) is 6.79. The summed E-state index contributed by atoms with van der Waals surface area (Å²) >= 11 is 1.25. The molecule has 1 heterocycles. The SMILES string of the molecule is CCOc1ccc(/C=C2\SC(=Nc3cccc(C(=O)O)c3)N(CC)C2=O)cc1OC. The molecule has 1 saturated heterocycles. The van der Waals surface area contributed by atoms with Crippen molar-refractivity contribution in [1.82, 2.24) is 4.90 Å². The Morgan fingerprint density at radius 2 is 2.00 bits per heavy atom. The maximum atomic E-state index is 12.8. The molecule has 2 aromatic carbocycles. The van der Waals surface area contributed by atoms with Gasteiger partial charge in [0.1, 0.15) is 0 Å². The van der Waals surface area contributed by atoms with E-state index < -0.39 is 5.97 Å². The van der Waals surface area contributed by atoms with Crippen LogP contribution in [0.4, 0.5) is 5.69 Å². The van der Waals surface area contributed by atoms with Crippen LogP contribution in [0.3, 0.4) is 0 Å². The highest BCUT2D eigenvalue weighted by Crippen LogP contribution is 2.35. The lowest BCUT2D eigenvalue weighted by Gasteiger charge is -2.12. The summed E-state index contributed by atoms with van der Waals surface area (Å²) in [6, 6.07) is 11.8. The third kappa shape index (κ3) is 4.65. The second kappa shape index (κ2) is 9.49. The summed E-state index contributed by atoms with van der Waals surface area (Å²) in [6.45, 7) is 4.74. The average Bonchev–Trinajstić information content (AvgIpc) is 3.03. The van der Waals surface area contributed by atoms with E-state index in [0.29, 0.717) is 40.4 Å². The molecular formula is C22H22N2O5S. The van der Waals surface area contributed by atoms with Gasteiger partial charge in [0.25, 0.3) is 5.91 Å². The van der Waals surface area contributed by atoms with E-state index in [1.54, 1.807) is 30.2 Å². The van der Waals surface area contributed by atoms with E-state index >= 15 is 0 Å². The molecule has 30 heavy (non-hydrogen) atoms. The third-order valence-corrected chi connectivity index (χ3v) is 5.31. The van der Waals surface area contributed by atoms with E-state index in [0.717, 1.165) is 5.56 Å². The van der Waals surface area contributed by atoms with Gasteiger partial charge in [-0.15, -0.1) is 0 Å². The van der Waals surface area contributed by atoms with Crippen molar-refractivity contribution in [2.24, 2.45) is 4.99 Å². The summed E-state index contributed by atoms with van der Waals surface area (Å²) < 4.78 is 10.9. The summed E-state index contributed by atoms with van der Waals surface area (Å²) in [5.41, 5.74) is 1.43. The predicted octanol–water partition coefficient (Wildman–Crippen LogP) is 4.42. The van der Waals surface area contributed by atoms with E-state index in [-0.39, 0.29) is 11.5 Å². The van der Waals surface area contributed by atoms with Gasteiger partial charge in [-0.1, -0.05) is 12.1 Å². The molecule has 7 nitrogen and oxygen atoms in total. The first-order chi connectivity index (χ1) is 14.5. The van der Waals surface area contributed by atoms with Gasteiger partial charge < -0.3 is 14.6 Å². The Bertz CT molecular complexity index is 1030. The van der Waals surface area contributed by atoms with Crippen molar-refractivity contribution in [3.63, 3.8) is 0 Å². The molecule has 0 unspecified atom stereocenters. The van der Waals surface area contributed by atoms with Crippen molar-refractivity contribution in [3.8, 4) is 11.5 Å². The van der Waals surface area contributed by atoms with Crippen LogP contribution in [0.2, 0.25) is 0 Å². The molecule has 2 aromatic rings. The number of carboxylic acid groups (broad SMARTS) is 1. The number of hydrogen-bond acceptors (Lipinski definition) is 6. The summed E-state index contributed by atoms with van der Waals surface area (Å²) in [7, 11) is 1.57. The van der Waals surface area contributed by atoms with Crippen LogP contribution < -0.4 is 9.47 Å². The number of benzene rings is 2. The number of aromatic carboxylic acids is 1. The fourth-order valence-electron chi connectivity index (χ4n) is 2.89. The maximum absolute atomic E-state index is 12.8. The first-order valence-electron chi connectivity index (χ1n) is 9.41. The number of amides is 1. The molecule has 1 amide bonds. The average molecular weight is 426 g/mol. The molecule has 0 atom stereocenters. The number of aliphatic imine (C=N–C) groups is 1. The van der Waals surface area contributed by atoms with E-state index in [4.69, 9.17) is 14.6 Å². The minimum Gasteiger partial charge on any atom is -0.493 e. The first-order valence-corrected chi connectivity index (χ1v) is 10.2. The number of nitrogens with zero attached hydrogens (tertiary/aromatic N) is 2. The first kappa shape index (κ1) is 21.4. The monoisotopic (exact) mass is 426 g/mol. The number of carboxylic acids is 1. The molecule has 0 aromatic heterocycles. The molecule has 3 rings (SSSR count). The van der Waals surface area contributed by atoms with Gasteiger partial charge in [-0.2, -0.15) is 0 Å². The molecule has 1 N–H and O–H groups in total. The molecular weight excluding hydrogens is 404 g/mol. The highest BCUT2D eigenvalue weighted by atomic mass is 32.2. The molecule has 8 heteroatoms. The minimum atomic E-state index is -1.02. The Morgan fingerprint density at radius 3 is 2.67 bits per heavy atom. The highest BCUT2D eigenvalue weighted by molar-refractivity contribution is 8.18. The minimum absolute atomic E-state index is 0.145. The Morgan fingerprint density at radius 1 is 1.20 bits per heavy atom. The van der Waals surface area contributed by atoms with Gasteiger partial charge in [0.2, 0.25) is 0 Å². The van der Waals surface area contributed by atoms with Crippen molar-refractivity contribution in [2.75, 3.05) is 20.3 Å². The lowest BCUT2D eigenvalue weighted by molar-refractivity contribution is -0.122. The van der Waals surface area contributed by atoms with Gasteiger partial charge in [-0.05, 0) is 67.6 Å². The van der Waals surface area contributed by atoms with Crippen molar-refractivity contribution in [1.29, 1.82) is 0 Å². The second-order valence-corrected chi connectivity index (χ2v) is 7.26. The molecule has 1 fully saturated rings. The number of carbonyl (C=O) groups excluding carboxylic acids is 1. The van der Waals surface area contributed by atoms with Crippen LogP contribution in [0.15, 0.2) is 52.4 Å². The molecule has 0 aliphatic carbocycles. The van der Waals surface area contributed by atoms with Gasteiger partial charge in [0.15, 0.2) is 16.7 Å². The largest absolute Gasteiger partial charge is 0.493 e. The fraction of sp³-hybridized carbons (Fsp3) is 0.227. The fourth-order valence-corrected chi connectivity index (χ4v) is 3.95. The molecule has 0 radical (unpaired) electrons. The van der Waals surface area contributed by atoms with Gasteiger partial charge in [0.05, 0.1) is 29.9 Å². The van der Waals surface area contributed by atoms with E-state index in [1.807, 2.05) is 32.0 Å². The standard InChI is InChI=1S/C22H22N2O5S/c1-4-24-20(25)19(12-14-9-10-17(29-5-2)18(11-14)28-3)30-22(24)23-16-8-6-7-15(13-16)21(26)27/h6-13H,4-5H2,1-3H3,(H,26,27)/b19-12-,23-22?. The number of amidine groups is 1. The van der Waals surface area contributed by atoms with Gasteiger partial charge in [0, 0.05) is 6.54 Å². The summed E-state index contributed by atoms with van der Waals surface area (Å²) in [5, 5.41) is 9.67. The second-order valence-electron chi connectivity index (χ2n) is 6.25. The highest BCUT2D eigenvalue weighted by Gasteiger charge is 2.32. The molecule has 0 spiro atoms. The third-order valence-electron chi connectivity index (χ3n) is 4.31. The number of hydrogen-bond donors (Lipinski definition) is 1. The number of carbonyl (C=O) groups is 2. The molecule has 1 aliphatic heterocycles. The topological polar surface area (TPSA) is 88.4 Å². The van der Waals surface area contributed by atoms with Crippen molar-refractivity contribution in [3.05, 3.63) is 58.5 Å². The van der Waals surface area contributed by atoms with E-state index in [1.165, 1.54) is 23.9 Å². The molecule has 0 saturated carbocycles. The zero-order chi connectivity index (χ0) is 21.7. The number of rotatable bonds is 7. The van der Waals surface area contributed by atoms with Gasteiger partial charge in [-0.3, -0.25) is 9.69 Å². The lowest BCUT2D eigenvalue weighted by atomic mass is 10.2. The Balaban J connectivity index is 1.92. The molecule has 0 bridgehead atoms. The van der Waals surface area contributed by atoms with Crippen molar-refractivity contribution >= 4 is 40.6 Å². The molecule has 1 aliphatic rings. The Labute approximate surface area is 179 Å². The summed E-state index contributed by atoms with van der Waals surface area (Å²) in [4.78, 5) is 30.6. The number of ether oxygens (including phenoxy) is 2. The normalized spacial score (nSPS) is 16.4. The van der Waals surface area contributed by atoms with Crippen LogP contribution in [-0.2, 0) is 4.79 Å². The maximum Gasteiger partial charge on any atom is 0.335 e. The van der Waals surface area contributed by atoms with Crippen LogP contribution in [0.1, 0.15) is 29.8 Å². The van der Waals surface area contributed by atoms with Crippen LogP contribution >= 0.6 is 11.8 Å². The smallest absolute Gasteiger partial charge is 0.335 e. The van der Waals surface area contributed by atoms with Gasteiger partial charge in [-0.25, -0.2) is 9.79 Å². The lowest BCUT2D eigenvalue weighted by Crippen LogP contribution is -2.28.